The number of nitrogens with two attached hydrogens (primary N) is 1. The zero-order chi connectivity index (χ0) is 14.6. The number of rotatable bonds is 6. The fraction of sp³-hybridized carbons (Fsp3) is 0.538. The quantitative estimate of drug-likeness (QED) is 0.770. The summed E-state index contributed by atoms with van der Waals surface area (Å²) >= 11 is 0. The molecule has 0 aliphatic carbocycles. The van der Waals surface area contributed by atoms with Crippen LogP contribution in [0.4, 0.5) is 5.69 Å². The van der Waals surface area contributed by atoms with Gasteiger partial charge in [0.05, 0.1) is 11.5 Å². The number of nitrogens with zero attached hydrogens (tertiary/aromatic N) is 1. The van der Waals surface area contributed by atoms with Gasteiger partial charge < -0.3 is 10.8 Å². The Morgan fingerprint density at radius 3 is 2.47 bits per heavy atom. The highest BCUT2D eigenvalue weighted by Gasteiger charge is 2.28. The molecule has 1 rings (SSSR count). The molecule has 3 N–H and O–H groups in total. The van der Waals surface area contributed by atoms with Crippen LogP contribution in [0.1, 0.15) is 26.3 Å². The number of aliphatic hydroxyl groups excluding tert-OH is 1. The first-order chi connectivity index (χ1) is 8.84. The molecule has 108 valence electrons. The highest BCUT2D eigenvalue weighted by molar-refractivity contribution is 7.89. The summed E-state index contributed by atoms with van der Waals surface area (Å²) in [5, 5.41) is 9.05. The van der Waals surface area contributed by atoms with Crippen molar-refractivity contribution in [1.82, 2.24) is 4.31 Å². The average molecular weight is 286 g/mol. The molecule has 0 amide bonds. The monoisotopic (exact) mass is 286 g/mol. The van der Waals surface area contributed by atoms with E-state index in [4.69, 9.17) is 10.8 Å². The van der Waals surface area contributed by atoms with Crippen LogP contribution >= 0.6 is 0 Å². The molecule has 0 radical (unpaired) electrons. The summed E-state index contributed by atoms with van der Waals surface area (Å²) in [7, 11) is -3.63. The van der Waals surface area contributed by atoms with Crippen molar-refractivity contribution in [2.45, 2.75) is 38.1 Å². The third-order valence-corrected chi connectivity index (χ3v) is 5.11. The molecular weight excluding hydrogens is 264 g/mol. The van der Waals surface area contributed by atoms with E-state index in [1.54, 1.807) is 26.0 Å². The second-order valence-corrected chi connectivity index (χ2v) is 6.51. The van der Waals surface area contributed by atoms with E-state index in [1.165, 1.54) is 10.4 Å². The number of hydrogen-bond donors (Lipinski definition) is 2. The number of nitrogen functional groups attached to an aromatic ring is 1. The van der Waals surface area contributed by atoms with Crippen molar-refractivity contribution in [3.63, 3.8) is 0 Å². The Balaban J connectivity index is 3.36. The number of hydrogen-bond acceptors (Lipinski definition) is 4. The molecule has 5 nitrogen and oxygen atoms in total. The Labute approximate surface area is 115 Å². The molecule has 0 heterocycles. The molecule has 0 aliphatic heterocycles. The van der Waals surface area contributed by atoms with Crippen LogP contribution < -0.4 is 5.73 Å². The fourth-order valence-corrected chi connectivity index (χ4v) is 3.94. The standard InChI is InChI=1S/C13H22N2O3S/c1-4-11-5-6-12(14)9-13(11)19(17,18)15(7-8-16)10(2)3/h5-6,9-10,16H,4,7-8,14H2,1-3H3. The van der Waals surface area contributed by atoms with Gasteiger partial charge in [-0.1, -0.05) is 13.0 Å². The Kier molecular flexibility index (Phi) is 5.34. The summed E-state index contributed by atoms with van der Waals surface area (Å²) in [4.78, 5) is 0.233. The normalized spacial score (nSPS) is 12.3. The summed E-state index contributed by atoms with van der Waals surface area (Å²) in [5.74, 6) is 0. The lowest BCUT2D eigenvalue weighted by atomic mass is 10.1. The Bertz CT molecular complexity index is 527. The van der Waals surface area contributed by atoms with Gasteiger partial charge in [0, 0.05) is 18.3 Å². The molecule has 0 unspecified atom stereocenters. The van der Waals surface area contributed by atoms with Crippen molar-refractivity contribution in [3.8, 4) is 0 Å². The van der Waals surface area contributed by atoms with Crippen molar-refractivity contribution < 1.29 is 13.5 Å². The van der Waals surface area contributed by atoms with Crippen molar-refractivity contribution in [1.29, 1.82) is 0 Å². The van der Waals surface area contributed by atoms with Crippen molar-refractivity contribution in [2.24, 2.45) is 0 Å². The number of anilines is 1. The second kappa shape index (κ2) is 6.36. The van der Waals surface area contributed by atoms with E-state index >= 15 is 0 Å². The summed E-state index contributed by atoms with van der Waals surface area (Å²) in [6, 6.07) is 4.70. The van der Waals surface area contributed by atoms with Gasteiger partial charge in [0.1, 0.15) is 0 Å². The van der Waals surface area contributed by atoms with Crippen LogP contribution in [0.2, 0.25) is 0 Å². The van der Waals surface area contributed by atoms with E-state index < -0.39 is 10.0 Å². The highest BCUT2D eigenvalue weighted by atomic mass is 32.2. The number of aliphatic hydroxyl groups is 1. The van der Waals surface area contributed by atoms with Crippen LogP contribution in [0.25, 0.3) is 0 Å². The van der Waals surface area contributed by atoms with Crippen molar-refractivity contribution in [3.05, 3.63) is 23.8 Å². The predicted molar refractivity (Wildman–Crippen MR) is 76.3 cm³/mol. The maximum Gasteiger partial charge on any atom is 0.243 e. The lowest BCUT2D eigenvalue weighted by Crippen LogP contribution is -2.39. The van der Waals surface area contributed by atoms with Gasteiger partial charge in [-0.25, -0.2) is 8.42 Å². The van der Waals surface area contributed by atoms with E-state index in [1.807, 2.05) is 6.92 Å². The Hall–Kier alpha value is -1.11. The highest BCUT2D eigenvalue weighted by Crippen LogP contribution is 2.24. The lowest BCUT2D eigenvalue weighted by Gasteiger charge is -2.26. The number of benzene rings is 1. The van der Waals surface area contributed by atoms with Gasteiger partial charge in [0.15, 0.2) is 0 Å². The third-order valence-electron chi connectivity index (χ3n) is 2.96. The average Bonchev–Trinajstić information content (AvgIpc) is 2.35. The molecule has 1 aromatic carbocycles. The predicted octanol–water partition coefficient (Wildman–Crippen LogP) is 1.22. The van der Waals surface area contributed by atoms with Gasteiger partial charge in [-0.3, -0.25) is 0 Å². The van der Waals surface area contributed by atoms with Crippen LogP contribution in [-0.4, -0.2) is 37.0 Å². The molecule has 19 heavy (non-hydrogen) atoms. The van der Waals surface area contributed by atoms with Gasteiger partial charge in [0.25, 0.3) is 0 Å². The maximum atomic E-state index is 12.7. The van der Waals surface area contributed by atoms with E-state index in [0.29, 0.717) is 12.1 Å². The van der Waals surface area contributed by atoms with Gasteiger partial charge in [-0.05, 0) is 38.0 Å². The molecule has 6 heteroatoms. The van der Waals surface area contributed by atoms with Crippen LogP contribution in [0.3, 0.4) is 0 Å². The summed E-state index contributed by atoms with van der Waals surface area (Å²) in [5.41, 5.74) is 6.85. The first-order valence-corrected chi connectivity index (χ1v) is 7.79. The first kappa shape index (κ1) is 15.9. The van der Waals surface area contributed by atoms with Gasteiger partial charge >= 0.3 is 0 Å². The summed E-state index contributed by atoms with van der Waals surface area (Å²) in [6.07, 6.45) is 0.611. The largest absolute Gasteiger partial charge is 0.399 e. The molecule has 0 spiro atoms. The van der Waals surface area contributed by atoms with Crippen LogP contribution in [0.5, 0.6) is 0 Å². The van der Waals surface area contributed by atoms with E-state index in [-0.39, 0.29) is 24.1 Å². The molecule has 0 saturated carbocycles. The van der Waals surface area contributed by atoms with E-state index in [0.717, 1.165) is 5.56 Å². The van der Waals surface area contributed by atoms with Gasteiger partial charge in [0.2, 0.25) is 10.0 Å². The molecule has 0 saturated heterocycles. The molecule has 0 bridgehead atoms. The van der Waals surface area contributed by atoms with Crippen LogP contribution in [0.15, 0.2) is 23.1 Å². The smallest absolute Gasteiger partial charge is 0.243 e. The summed E-state index contributed by atoms with van der Waals surface area (Å²) in [6.45, 7) is 5.34. The van der Waals surface area contributed by atoms with E-state index in [9.17, 15) is 8.42 Å². The zero-order valence-corrected chi connectivity index (χ0v) is 12.4. The van der Waals surface area contributed by atoms with Gasteiger partial charge in [-0.15, -0.1) is 0 Å². The second-order valence-electron chi connectivity index (χ2n) is 4.65. The van der Waals surface area contributed by atoms with Crippen LogP contribution in [0, 0.1) is 0 Å². The van der Waals surface area contributed by atoms with Gasteiger partial charge in [-0.2, -0.15) is 4.31 Å². The molecular formula is C13H22N2O3S. The van der Waals surface area contributed by atoms with E-state index in [2.05, 4.69) is 0 Å². The van der Waals surface area contributed by atoms with Crippen LogP contribution in [-0.2, 0) is 16.4 Å². The molecule has 1 aromatic rings. The lowest BCUT2D eigenvalue weighted by molar-refractivity contribution is 0.236. The molecule has 0 aliphatic rings. The third kappa shape index (κ3) is 3.46. The molecule has 0 atom stereocenters. The fourth-order valence-electron chi connectivity index (χ4n) is 1.98. The number of sulfonamides is 1. The topological polar surface area (TPSA) is 83.6 Å². The Morgan fingerprint density at radius 2 is 2.00 bits per heavy atom. The Morgan fingerprint density at radius 1 is 1.37 bits per heavy atom. The SMILES string of the molecule is CCc1ccc(N)cc1S(=O)(=O)N(CCO)C(C)C. The summed E-state index contributed by atoms with van der Waals surface area (Å²) < 4.78 is 26.6. The first-order valence-electron chi connectivity index (χ1n) is 6.35. The molecule has 0 fully saturated rings. The minimum Gasteiger partial charge on any atom is -0.399 e. The van der Waals surface area contributed by atoms with Crippen molar-refractivity contribution in [2.75, 3.05) is 18.9 Å². The number of aryl methyl sites for hydroxylation is 1. The maximum absolute atomic E-state index is 12.7. The van der Waals surface area contributed by atoms with Crippen molar-refractivity contribution >= 4 is 15.7 Å². The minimum absolute atomic E-state index is 0.0813. The zero-order valence-electron chi connectivity index (χ0n) is 11.6. The molecule has 0 aromatic heterocycles. The minimum atomic E-state index is -3.63.